The fourth-order valence-electron chi connectivity index (χ4n) is 4.41. The lowest BCUT2D eigenvalue weighted by molar-refractivity contribution is -0.230. The zero-order chi connectivity index (χ0) is 28.2. The molecule has 12 heteroatoms. The summed E-state index contributed by atoms with van der Waals surface area (Å²) in [6, 6.07) is 7.41. The lowest BCUT2D eigenvalue weighted by atomic mass is 9.71. The van der Waals surface area contributed by atoms with E-state index in [1.54, 1.807) is 6.92 Å². The molecule has 0 heterocycles. The average molecular weight is 540 g/mol. The Kier molecular flexibility index (Phi) is 9.77. The minimum absolute atomic E-state index is 0.0801. The third kappa shape index (κ3) is 7.43. The van der Waals surface area contributed by atoms with Crippen LogP contribution in [0.5, 0.6) is 0 Å². The third-order valence-corrected chi connectivity index (χ3v) is 6.24. The van der Waals surface area contributed by atoms with Gasteiger partial charge in [-0.2, -0.15) is 26.3 Å². The van der Waals surface area contributed by atoms with Crippen LogP contribution < -0.4 is 0 Å². The van der Waals surface area contributed by atoms with Gasteiger partial charge in [-0.15, -0.1) is 0 Å². The molecule has 1 unspecified atom stereocenters. The van der Waals surface area contributed by atoms with Gasteiger partial charge in [0.2, 0.25) is 0 Å². The van der Waals surface area contributed by atoms with Crippen LogP contribution in [0.1, 0.15) is 42.0 Å². The Hall–Kier alpha value is -2.22. The number of alkyl halides is 6. The van der Waals surface area contributed by atoms with E-state index < -0.39 is 72.4 Å². The summed E-state index contributed by atoms with van der Waals surface area (Å²) in [5.74, 6) is 0. The number of benzene rings is 2. The van der Waals surface area contributed by atoms with Crippen molar-refractivity contribution in [3.63, 3.8) is 0 Å². The van der Waals surface area contributed by atoms with E-state index in [1.807, 2.05) is 0 Å². The van der Waals surface area contributed by atoms with Gasteiger partial charge in [-0.25, -0.2) is 0 Å². The summed E-state index contributed by atoms with van der Waals surface area (Å²) >= 11 is 0. The Morgan fingerprint density at radius 2 is 1.22 bits per heavy atom. The second-order valence-electron chi connectivity index (χ2n) is 9.19. The monoisotopic (exact) mass is 540 g/mol. The Balaban J connectivity index is 2.56. The molecule has 0 aliphatic heterocycles. The molecule has 6 nitrogen and oxygen atoms in total. The Labute approximate surface area is 209 Å². The molecule has 0 aromatic heterocycles. The van der Waals surface area contributed by atoms with E-state index in [9.17, 15) is 57.0 Å². The summed E-state index contributed by atoms with van der Waals surface area (Å²) in [7, 11) is 0. The number of aliphatic hydroxyl groups is 6. The van der Waals surface area contributed by atoms with E-state index in [1.165, 1.54) is 6.07 Å². The molecule has 208 valence electrons. The molecule has 0 aliphatic rings. The normalized spacial score (nSPS) is 18.5. The molecule has 2 rings (SSSR count). The van der Waals surface area contributed by atoms with E-state index in [-0.39, 0.29) is 24.0 Å². The second kappa shape index (κ2) is 11.7. The van der Waals surface area contributed by atoms with Gasteiger partial charge in [-0.1, -0.05) is 49.7 Å². The maximum Gasteiger partial charge on any atom is 0.416 e. The molecule has 37 heavy (non-hydrogen) atoms. The van der Waals surface area contributed by atoms with Gasteiger partial charge in [0.25, 0.3) is 0 Å². The molecule has 0 fully saturated rings. The van der Waals surface area contributed by atoms with Gasteiger partial charge in [-0.3, -0.25) is 0 Å². The van der Waals surface area contributed by atoms with E-state index in [0.717, 1.165) is 36.4 Å². The number of halogens is 6. The molecule has 2 aromatic rings. The van der Waals surface area contributed by atoms with Crippen LogP contribution in [-0.4, -0.2) is 66.8 Å². The van der Waals surface area contributed by atoms with Crippen molar-refractivity contribution in [3.05, 3.63) is 70.8 Å². The molecule has 2 aromatic carbocycles. The number of hydrogen-bond acceptors (Lipinski definition) is 6. The fourth-order valence-corrected chi connectivity index (χ4v) is 4.41. The van der Waals surface area contributed by atoms with Gasteiger partial charge in [0, 0.05) is 12.8 Å². The first-order chi connectivity index (χ1) is 17.0. The van der Waals surface area contributed by atoms with E-state index in [0.29, 0.717) is 6.07 Å². The van der Waals surface area contributed by atoms with Crippen LogP contribution in [0.25, 0.3) is 0 Å². The predicted octanol–water partition coefficient (Wildman–Crippen LogP) is 2.85. The topological polar surface area (TPSA) is 121 Å². The Morgan fingerprint density at radius 1 is 0.757 bits per heavy atom. The number of aliphatic hydroxyl groups excluding tert-OH is 4. The summed E-state index contributed by atoms with van der Waals surface area (Å²) in [5, 5.41) is 64.0. The lowest BCUT2D eigenvalue weighted by Gasteiger charge is -2.46. The van der Waals surface area contributed by atoms with Crippen molar-refractivity contribution in [2.24, 2.45) is 0 Å². The van der Waals surface area contributed by atoms with Crippen LogP contribution in [0, 0.1) is 0 Å². The predicted molar refractivity (Wildman–Crippen MR) is 120 cm³/mol. The summed E-state index contributed by atoms with van der Waals surface area (Å²) < 4.78 is 79.1. The highest BCUT2D eigenvalue weighted by Gasteiger charge is 2.54. The molecule has 0 aliphatic carbocycles. The van der Waals surface area contributed by atoms with E-state index in [4.69, 9.17) is 0 Å². The molecule has 0 saturated heterocycles. The third-order valence-electron chi connectivity index (χ3n) is 6.24. The minimum atomic E-state index is -4.76. The van der Waals surface area contributed by atoms with Crippen molar-refractivity contribution in [1.29, 1.82) is 0 Å². The van der Waals surface area contributed by atoms with Crippen LogP contribution in [0.2, 0.25) is 0 Å². The molecule has 0 radical (unpaired) electrons. The summed E-state index contributed by atoms with van der Waals surface area (Å²) in [5.41, 5.74) is -7.79. The molecular formula is C25H30F6O6. The highest BCUT2D eigenvalue weighted by molar-refractivity contribution is 5.30. The zero-order valence-corrected chi connectivity index (χ0v) is 19.8. The fraction of sp³-hybridized carbons (Fsp3) is 0.520. The second-order valence-corrected chi connectivity index (χ2v) is 9.19. The average Bonchev–Trinajstić information content (AvgIpc) is 2.81. The Bertz CT molecular complexity index is 1030. The lowest BCUT2D eigenvalue weighted by Crippen LogP contribution is -2.66. The molecule has 0 saturated carbocycles. The number of hydrogen-bond donors (Lipinski definition) is 6. The largest absolute Gasteiger partial charge is 0.416 e. The van der Waals surface area contributed by atoms with Crippen molar-refractivity contribution in [1.82, 2.24) is 0 Å². The molecule has 5 atom stereocenters. The smallest absolute Gasteiger partial charge is 0.394 e. The van der Waals surface area contributed by atoms with Crippen LogP contribution >= 0.6 is 0 Å². The van der Waals surface area contributed by atoms with Gasteiger partial charge in [0.05, 0.1) is 23.3 Å². The van der Waals surface area contributed by atoms with Crippen molar-refractivity contribution in [2.75, 3.05) is 6.61 Å². The van der Waals surface area contributed by atoms with E-state index in [2.05, 4.69) is 0 Å². The van der Waals surface area contributed by atoms with Gasteiger partial charge in [0.15, 0.2) is 0 Å². The van der Waals surface area contributed by atoms with Crippen molar-refractivity contribution in [2.45, 2.75) is 74.5 Å². The summed E-state index contributed by atoms with van der Waals surface area (Å²) in [6.07, 6.45) is -18.0. The maximum absolute atomic E-state index is 13.2. The van der Waals surface area contributed by atoms with Gasteiger partial charge < -0.3 is 30.6 Å². The van der Waals surface area contributed by atoms with Crippen LogP contribution in [0.4, 0.5) is 26.3 Å². The highest BCUT2D eigenvalue weighted by atomic mass is 19.4. The van der Waals surface area contributed by atoms with Crippen LogP contribution in [0.3, 0.4) is 0 Å². The summed E-state index contributed by atoms with van der Waals surface area (Å²) in [6.45, 7) is 0.452. The quantitative estimate of drug-likeness (QED) is 0.244. The summed E-state index contributed by atoms with van der Waals surface area (Å²) in [4.78, 5) is 0. The molecule has 0 spiro atoms. The van der Waals surface area contributed by atoms with Crippen molar-refractivity contribution in [3.8, 4) is 0 Å². The zero-order valence-electron chi connectivity index (χ0n) is 19.8. The standard InChI is InChI=1S/C25H30F6O6/c1-2-9-22(36,12-15-5-3-7-17(10-15)24(26,27)28)21(35)23(37,20(34)19(33)14-32)13-16-6-4-8-18(11-16)25(29,30)31/h3-8,10-11,19-21,32-37H,2,9,12-14H2,1H3/t19-,20+,21+,22?,23+/m0/s1. The van der Waals surface area contributed by atoms with Crippen LogP contribution in [-0.2, 0) is 25.2 Å². The van der Waals surface area contributed by atoms with E-state index >= 15 is 0 Å². The number of rotatable bonds is 11. The first kappa shape index (κ1) is 31.0. The molecule has 0 amide bonds. The van der Waals surface area contributed by atoms with Gasteiger partial charge >= 0.3 is 12.4 Å². The van der Waals surface area contributed by atoms with Gasteiger partial charge in [0.1, 0.15) is 23.9 Å². The van der Waals surface area contributed by atoms with Crippen molar-refractivity contribution < 1.29 is 57.0 Å². The Morgan fingerprint density at radius 3 is 1.62 bits per heavy atom. The SMILES string of the molecule is CCCC(O)(Cc1cccc(C(F)(F)F)c1)[C@@H](O)[C@@](O)(Cc1cccc(C(F)(F)F)c1)[C@H](O)[C@@H](O)CO. The minimum Gasteiger partial charge on any atom is -0.394 e. The highest BCUT2D eigenvalue weighted by Crippen LogP contribution is 2.37. The molecule has 0 bridgehead atoms. The first-order valence-corrected chi connectivity index (χ1v) is 11.4. The molecular weight excluding hydrogens is 510 g/mol. The maximum atomic E-state index is 13.2. The first-order valence-electron chi connectivity index (χ1n) is 11.4. The van der Waals surface area contributed by atoms with Gasteiger partial charge in [-0.05, 0) is 29.7 Å². The molecule has 6 N–H and O–H groups in total. The van der Waals surface area contributed by atoms with Crippen molar-refractivity contribution >= 4 is 0 Å². The van der Waals surface area contributed by atoms with Crippen LogP contribution in [0.15, 0.2) is 48.5 Å².